The zero-order valence-corrected chi connectivity index (χ0v) is 7.89. The van der Waals surface area contributed by atoms with Crippen molar-refractivity contribution in [2.24, 2.45) is 0 Å². The Kier molecular flexibility index (Phi) is 2.38. The van der Waals surface area contributed by atoms with E-state index in [0.29, 0.717) is 0 Å². The lowest BCUT2D eigenvalue weighted by Gasteiger charge is -1.97. The van der Waals surface area contributed by atoms with Crippen molar-refractivity contribution in [3.8, 4) is 0 Å². The lowest BCUT2D eigenvalue weighted by atomic mass is 10.5. The first-order chi connectivity index (χ1) is 7.66. The minimum absolute atomic E-state index is 0.127. The van der Waals surface area contributed by atoms with Crippen molar-refractivity contribution in [2.75, 3.05) is 5.32 Å². The highest BCUT2D eigenvalue weighted by Crippen LogP contribution is 2.02. The van der Waals surface area contributed by atoms with Crippen molar-refractivity contribution in [2.45, 2.75) is 0 Å². The predicted octanol–water partition coefficient (Wildman–Crippen LogP) is -0.344. The maximum Gasteiger partial charge on any atom is 0.329 e. The van der Waals surface area contributed by atoms with Gasteiger partial charge in [0.1, 0.15) is 0 Å². The third-order valence-corrected chi connectivity index (χ3v) is 1.74. The maximum atomic E-state index is 11.4. The SMILES string of the molecule is O=C(O)C=CNc1nc2nc[nH]c2c(=O)[nH]1. The van der Waals surface area contributed by atoms with E-state index in [2.05, 4.69) is 25.3 Å². The molecule has 2 aromatic heterocycles. The van der Waals surface area contributed by atoms with Crippen LogP contribution in [0.5, 0.6) is 0 Å². The number of nitrogens with one attached hydrogen (secondary N) is 3. The molecule has 0 aliphatic heterocycles. The molecular weight excluding hydrogens is 214 g/mol. The Hall–Kier alpha value is -2.64. The molecule has 0 aromatic carbocycles. The summed E-state index contributed by atoms with van der Waals surface area (Å²) in [5, 5.41) is 10.9. The van der Waals surface area contributed by atoms with E-state index in [1.165, 1.54) is 6.33 Å². The average molecular weight is 221 g/mol. The first-order valence-corrected chi connectivity index (χ1v) is 4.26. The van der Waals surface area contributed by atoms with Gasteiger partial charge in [-0.2, -0.15) is 4.98 Å². The van der Waals surface area contributed by atoms with Crippen LogP contribution >= 0.6 is 0 Å². The molecule has 4 N–H and O–H groups in total. The van der Waals surface area contributed by atoms with E-state index < -0.39 is 5.97 Å². The third kappa shape index (κ3) is 1.90. The lowest BCUT2D eigenvalue weighted by Crippen LogP contribution is -2.11. The van der Waals surface area contributed by atoms with Crippen LogP contribution in [0.3, 0.4) is 0 Å². The van der Waals surface area contributed by atoms with E-state index in [9.17, 15) is 9.59 Å². The van der Waals surface area contributed by atoms with Crippen molar-refractivity contribution in [1.82, 2.24) is 19.9 Å². The molecule has 0 radical (unpaired) electrons. The number of aromatic amines is 2. The van der Waals surface area contributed by atoms with Gasteiger partial charge in [0.2, 0.25) is 5.95 Å². The smallest absolute Gasteiger partial charge is 0.329 e. The van der Waals surface area contributed by atoms with Crippen LogP contribution in [0.2, 0.25) is 0 Å². The molecule has 2 aromatic rings. The quantitative estimate of drug-likeness (QED) is 0.525. The van der Waals surface area contributed by atoms with Gasteiger partial charge in [0.15, 0.2) is 11.2 Å². The Morgan fingerprint density at radius 1 is 1.56 bits per heavy atom. The molecule has 2 heterocycles. The van der Waals surface area contributed by atoms with Crippen LogP contribution in [0.1, 0.15) is 0 Å². The molecule has 0 saturated heterocycles. The number of carboxylic acid groups (broad SMARTS) is 1. The number of carbonyl (C=O) groups is 1. The molecule has 0 bridgehead atoms. The number of anilines is 1. The Bertz CT molecular complexity index is 611. The second-order valence-corrected chi connectivity index (χ2v) is 2.83. The summed E-state index contributed by atoms with van der Waals surface area (Å²) in [4.78, 5) is 34.4. The van der Waals surface area contributed by atoms with Crippen LogP contribution in [-0.2, 0) is 4.79 Å². The van der Waals surface area contributed by atoms with Crippen LogP contribution in [-0.4, -0.2) is 31.0 Å². The van der Waals surface area contributed by atoms with Gasteiger partial charge in [-0.25, -0.2) is 9.78 Å². The van der Waals surface area contributed by atoms with Crippen LogP contribution in [0.4, 0.5) is 5.95 Å². The number of hydrogen-bond donors (Lipinski definition) is 4. The normalized spacial score (nSPS) is 11.0. The zero-order chi connectivity index (χ0) is 11.5. The highest BCUT2D eigenvalue weighted by Gasteiger charge is 2.03. The highest BCUT2D eigenvalue weighted by molar-refractivity contribution is 5.80. The Balaban J connectivity index is 2.32. The number of nitrogens with zero attached hydrogens (tertiary/aromatic N) is 2. The van der Waals surface area contributed by atoms with Gasteiger partial charge in [-0.1, -0.05) is 0 Å². The zero-order valence-electron chi connectivity index (χ0n) is 7.89. The molecule has 0 aliphatic carbocycles. The van der Waals surface area contributed by atoms with E-state index in [1.54, 1.807) is 0 Å². The Labute approximate surface area is 88.1 Å². The van der Waals surface area contributed by atoms with Gasteiger partial charge in [0.05, 0.1) is 6.33 Å². The third-order valence-electron chi connectivity index (χ3n) is 1.74. The molecular formula is C8H7N5O3. The van der Waals surface area contributed by atoms with Crippen LogP contribution < -0.4 is 10.9 Å². The summed E-state index contributed by atoms with van der Waals surface area (Å²) in [5.41, 5.74) is 0.150. The number of aliphatic carboxylic acids is 1. The van der Waals surface area contributed by atoms with Gasteiger partial charge in [0, 0.05) is 12.3 Å². The summed E-state index contributed by atoms with van der Waals surface area (Å²) in [6.07, 6.45) is 3.39. The fraction of sp³-hybridized carbons (Fsp3) is 0. The van der Waals surface area contributed by atoms with E-state index in [4.69, 9.17) is 5.11 Å². The number of imidazole rings is 1. The summed E-state index contributed by atoms with van der Waals surface area (Å²) in [7, 11) is 0. The van der Waals surface area contributed by atoms with E-state index in [0.717, 1.165) is 12.3 Å². The fourth-order valence-electron chi connectivity index (χ4n) is 1.10. The van der Waals surface area contributed by atoms with Gasteiger partial charge >= 0.3 is 5.97 Å². The van der Waals surface area contributed by atoms with Crippen LogP contribution in [0.15, 0.2) is 23.4 Å². The lowest BCUT2D eigenvalue weighted by molar-refractivity contribution is -0.131. The first-order valence-electron chi connectivity index (χ1n) is 4.26. The molecule has 0 unspecified atom stereocenters. The molecule has 0 spiro atoms. The highest BCUT2D eigenvalue weighted by atomic mass is 16.4. The van der Waals surface area contributed by atoms with E-state index in [1.807, 2.05) is 0 Å². The minimum atomic E-state index is -1.10. The molecule has 0 aliphatic rings. The molecule has 0 atom stereocenters. The number of carboxylic acids is 1. The monoisotopic (exact) mass is 221 g/mol. The predicted molar refractivity (Wildman–Crippen MR) is 54.9 cm³/mol. The number of rotatable bonds is 3. The standard InChI is InChI=1S/C8H7N5O3/c14-4(15)1-2-9-8-12-6-5(7(16)13-8)10-3-11-6/h1-3H,(H,14,15)(H3,9,10,11,12,13,16). The van der Waals surface area contributed by atoms with Crippen LogP contribution in [0, 0.1) is 0 Å². The second kappa shape index (κ2) is 3.85. The molecule has 82 valence electrons. The van der Waals surface area contributed by atoms with Crippen molar-refractivity contribution in [3.05, 3.63) is 29.0 Å². The number of hydrogen-bond acceptors (Lipinski definition) is 5. The fourth-order valence-corrected chi connectivity index (χ4v) is 1.10. The molecule has 2 rings (SSSR count). The summed E-state index contributed by atoms with van der Waals surface area (Å²) in [6, 6.07) is 0. The molecule has 16 heavy (non-hydrogen) atoms. The van der Waals surface area contributed by atoms with Crippen molar-refractivity contribution in [3.63, 3.8) is 0 Å². The van der Waals surface area contributed by atoms with Crippen molar-refractivity contribution in [1.29, 1.82) is 0 Å². The van der Waals surface area contributed by atoms with Crippen molar-refractivity contribution < 1.29 is 9.90 Å². The molecule has 8 nitrogen and oxygen atoms in total. The Morgan fingerprint density at radius 3 is 3.12 bits per heavy atom. The largest absolute Gasteiger partial charge is 0.478 e. The molecule has 0 amide bonds. The van der Waals surface area contributed by atoms with E-state index >= 15 is 0 Å². The van der Waals surface area contributed by atoms with Gasteiger partial charge in [0.25, 0.3) is 5.56 Å². The summed E-state index contributed by atoms with van der Waals surface area (Å²) >= 11 is 0. The van der Waals surface area contributed by atoms with Gasteiger partial charge < -0.3 is 15.4 Å². The molecule has 0 fully saturated rings. The Morgan fingerprint density at radius 2 is 2.38 bits per heavy atom. The molecule has 0 saturated carbocycles. The number of aromatic nitrogens is 4. The molecule has 8 heteroatoms. The van der Waals surface area contributed by atoms with Gasteiger partial charge in [-0.3, -0.25) is 9.78 Å². The summed E-state index contributed by atoms with van der Waals surface area (Å²) in [5.74, 6) is -0.974. The van der Waals surface area contributed by atoms with E-state index in [-0.39, 0.29) is 22.7 Å². The van der Waals surface area contributed by atoms with Crippen molar-refractivity contribution >= 4 is 23.1 Å². The average Bonchev–Trinajstić information content (AvgIpc) is 2.65. The first kappa shape index (κ1) is 9.90. The van der Waals surface area contributed by atoms with Gasteiger partial charge in [-0.15, -0.1) is 0 Å². The second-order valence-electron chi connectivity index (χ2n) is 2.83. The number of fused-ring (bicyclic) bond motifs is 1. The minimum Gasteiger partial charge on any atom is -0.478 e. The summed E-state index contributed by atoms with van der Waals surface area (Å²) in [6.45, 7) is 0. The maximum absolute atomic E-state index is 11.4. The van der Waals surface area contributed by atoms with Crippen LogP contribution in [0.25, 0.3) is 11.2 Å². The summed E-state index contributed by atoms with van der Waals surface area (Å²) < 4.78 is 0. The topological polar surface area (TPSA) is 124 Å². The number of H-pyrrole nitrogens is 2. The van der Waals surface area contributed by atoms with Gasteiger partial charge in [-0.05, 0) is 0 Å².